The molecule has 1 spiro atoms. The minimum Gasteiger partial charge on any atom is -0.477 e. The Kier molecular flexibility index (Phi) is 6.35. The number of thiophene rings is 1. The molecular weight excluding hydrogens is 458 g/mol. The Morgan fingerprint density at radius 1 is 1.14 bits per heavy atom. The summed E-state index contributed by atoms with van der Waals surface area (Å²) in [5, 5.41) is 9.73. The lowest BCUT2D eigenvalue weighted by molar-refractivity contribution is -0.179. The summed E-state index contributed by atoms with van der Waals surface area (Å²) < 4.78 is 12.4. The van der Waals surface area contributed by atoms with Gasteiger partial charge in [-0.15, -0.1) is 11.3 Å². The van der Waals surface area contributed by atoms with Crippen molar-refractivity contribution in [3.63, 3.8) is 0 Å². The molecule has 0 bridgehead atoms. The van der Waals surface area contributed by atoms with Gasteiger partial charge >= 0.3 is 5.97 Å². The minimum atomic E-state index is -0.986. The first-order valence-corrected chi connectivity index (χ1v) is 12.1. The summed E-state index contributed by atoms with van der Waals surface area (Å²) in [6.07, 6.45) is 6.84. The number of amides is 1. The second-order valence-electron chi connectivity index (χ2n) is 8.57. The molecule has 0 unspecified atom stereocenters. The molecule has 0 aromatic carbocycles. The van der Waals surface area contributed by atoms with Crippen molar-refractivity contribution in [2.45, 2.75) is 70.1 Å². The van der Waals surface area contributed by atoms with E-state index in [4.69, 9.17) is 9.47 Å². The van der Waals surface area contributed by atoms with E-state index in [9.17, 15) is 14.7 Å². The third-order valence-electron chi connectivity index (χ3n) is 6.63. The highest BCUT2D eigenvalue weighted by molar-refractivity contribution is 9.11. The second-order valence-corrected chi connectivity index (χ2v) is 11.0. The summed E-state index contributed by atoms with van der Waals surface area (Å²) in [4.78, 5) is 27.6. The number of hydrogen-bond acceptors (Lipinski definition) is 5. The van der Waals surface area contributed by atoms with E-state index in [2.05, 4.69) is 22.9 Å². The summed E-state index contributed by atoms with van der Waals surface area (Å²) in [6, 6.07) is 1.77. The van der Waals surface area contributed by atoms with E-state index in [0.717, 1.165) is 55.2 Å². The molecule has 29 heavy (non-hydrogen) atoms. The largest absolute Gasteiger partial charge is 0.477 e. The van der Waals surface area contributed by atoms with Gasteiger partial charge in [0, 0.05) is 24.8 Å². The maximum Gasteiger partial charge on any atom is 0.348 e. The third-order valence-corrected chi connectivity index (χ3v) is 8.25. The van der Waals surface area contributed by atoms with Crippen LogP contribution < -0.4 is 4.90 Å². The van der Waals surface area contributed by atoms with Gasteiger partial charge in [0.1, 0.15) is 4.88 Å². The van der Waals surface area contributed by atoms with Crippen LogP contribution in [-0.2, 0) is 14.3 Å². The predicted octanol–water partition coefficient (Wildman–Crippen LogP) is 5.05. The number of ether oxygens (including phenoxy) is 2. The van der Waals surface area contributed by atoms with Gasteiger partial charge in [0.15, 0.2) is 5.79 Å². The van der Waals surface area contributed by atoms with E-state index in [1.807, 2.05) is 4.90 Å². The normalized spacial score (nSPS) is 27.2. The zero-order valence-corrected chi connectivity index (χ0v) is 19.1. The number of carbonyl (C=O) groups excluding carboxylic acids is 1. The average molecular weight is 486 g/mol. The molecule has 8 heteroatoms. The Balaban J connectivity index is 1.61. The highest BCUT2D eigenvalue weighted by Gasteiger charge is 2.44. The molecule has 0 radical (unpaired) electrons. The second kappa shape index (κ2) is 8.65. The number of hydrogen-bond donors (Lipinski definition) is 1. The Morgan fingerprint density at radius 3 is 2.34 bits per heavy atom. The number of carboxylic acids is 1. The van der Waals surface area contributed by atoms with Crippen LogP contribution in [0.1, 0.15) is 68.0 Å². The van der Waals surface area contributed by atoms with Gasteiger partial charge < -0.3 is 19.5 Å². The average Bonchev–Trinajstić information content (AvgIpc) is 3.31. The first-order valence-electron chi connectivity index (χ1n) is 10.5. The van der Waals surface area contributed by atoms with Crippen LogP contribution in [0.15, 0.2) is 9.85 Å². The van der Waals surface area contributed by atoms with Crippen LogP contribution in [0.4, 0.5) is 5.69 Å². The van der Waals surface area contributed by atoms with Crippen molar-refractivity contribution in [2.75, 3.05) is 18.1 Å². The molecule has 1 saturated heterocycles. The molecule has 0 atom stereocenters. The molecule has 2 heterocycles. The molecule has 1 aromatic heterocycles. The lowest BCUT2D eigenvalue weighted by atomic mass is 9.81. The van der Waals surface area contributed by atoms with Crippen LogP contribution in [0, 0.1) is 11.8 Å². The van der Waals surface area contributed by atoms with Gasteiger partial charge in [-0.25, -0.2) is 4.79 Å². The number of aromatic carboxylic acids is 1. The quantitative estimate of drug-likeness (QED) is 0.645. The topological polar surface area (TPSA) is 76.1 Å². The smallest absolute Gasteiger partial charge is 0.348 e. The maximum atomic E-state index is 13.7. The molecule has 1 N–H and O–H groups in total. The van der Waals surface area contributed by atoms with Gasteiger partial charge in [0.25, 0.3) is 0 Å². The van der Waals surface area contributed by atoms with Crippen LogP contribution in [0.25, 0.3) is 0 Å². The standard InChI is InChI=1S/C21H28BrNO5S/c1-13-2-4-14(5-3-13)19(24)23(16-12-17(22)29-18(16)20(25)26)15-6-8-21(9-7-15)27-10-11-28-21/h12-15H,2-11H2,1H3,(H,25,26). The van der Waals surface area contributed by atoms with E-state index < -0.39 is 11.8 Å². The van der Waals surface area contributed by atoms with Crippen molar-refractivity contribution in [3.05, 3.63) is 14.7 Å². The maximum absolute atomic E-state index is 13.7. The van der Waals surface area contributed by atoms with Crippen molar-refractivity contribution in [1.82, 2.24) is 0 Å². The van der Waals surface area contributed by atoms with Crippen LogP contribution >= 0.6 is 27.3 Å². The van der Waals surface area contributed by atoms with Crippen molar-refractivity contribution in [2.24, 2.45) is 11.8 Å². The highest BCUT2D eigenvalue weighted by Crippen LogP contribution is 2.43. The SMILES string of the molecule is CC1CCC(C(=O)N(c2cc(Br)sc2C(=O)O)C2CCC3(CC2)OCCO3)CC1. The van der Waals surface area contributed by atoms with Gasteiger partial charge in [-0.3, -0.25) is 4.79 Å². The molecule has 1 aliphatic heterocycles. The number of rotatable bonds is 4. The number of halogens is 1. The Bertz CT molecular complexity index is 757. The number of carboxylic acid groups (broad SMARTS) is 1. The van der Waals surface area contributed by atoms with E-state index in [-0.39, 0.29) is 22.7 Å². The molecule has 1 aromatic rings. The molecule has 2 aliphatic carbocycles. The van der Waals surface area contributed by atoms with Crippen molar-refractivity contribution in [1.29, 1.82) is 0 Å². The molecular formula is C21H28BrNO5S. The number of carbonyl (C=O) groups is 2. The third kappa shape index (κ3) is 4.40. The molecule has 3 aliphatic rings. The number of anilines is 1. The molecule has 2 saturated carbocycles. The summed E-state index contributed by atoms with van der Waals surface area (Å²) in [7, 11) is 0. The van der Waals surface area contributed by atoms with Gasteiger partial charge in [-0.1, -0.05) is 6.92 Å². The van der Waals surface area contributed by atoms with E-state index in [1.54, 1.807) is 6.07 Å². The van der Waals surface area contributed by atoms with Crippen LogP contribution in [0.5, 0.6) is 0 Å². The monoisotopic (exact) mass is 485 g/mol. The minimum absolute atomic E-state index is 0.0265. The fraction of sp³-hybridized carbons (Fsp3) is 0.714. The Morgan fingerprint density at radius 2 is 1.76 bits per heavy atom. The number of nitrogens with zero attached hydrogens (tertiary/aromatic N) is 1. The summed E-state index contributed by atoms with van der Waals surface area (Å²) in [5.41, 5.74) is 0.534. The predicted molar refractivity (Wildman–Crippen MR) is 114 cm³/mol. The van der Waals surface area contributed by atoms with Gasteiger partial charge in [-0.05, 0) is 66.4 Å². The fourth-order valence-corrected chi connectivity index (χ4v) is 6.39. The van der Waals surface area contributed by atoms with Crippen LogP contribution in [-0.4, -0.2) is 42.0 Å². The highest BCUT2D eigenvalue weighted by atomic mass is 79.9. The first kappa shape index (κ1) is 21.3. The molecule has 6 nitrogen and oxygen atoms in total. The summed E-state index contributed by atoms with van der Waals surface area (Å²) in [5.74, 6) is -0.777. The summed E-state index contributed by atoms with van der Waals surface area (Å²) in [6.45, 7) is 3.47. The lowest BCUT2D eigenvalue weighted by Crippen LogP contribution is -2.49. The molecule has 3 fully saturated rings. The lowest BCUT2D eigenvalue weighted by Gasteiger charge is -2.42. The first-order chi connectivity index (χ1) is 13.9. The van der Waals surface area contributed by atoms with Gasteiger partial charge in [0.05, 0.1) is 22.7 Å². The molecule has 160 valence electrons. The van der Waals surface area contributed by atoms with E-state index >= 15 is 0 Å². The van der Waals surface area contributed by atoms with Crippen molar-refractivity contribution >= 4 is 44.8 Å². The Hall–Kier alpha value is -0.960. The van der Waals surface area contributed by atoms with E-state index in [1.165, 1.54) is 11.3 Å². The van der Waals surface area contributed by atoms with Gasteiger partial charge in [0.2, 0.25) is 5.91 Å². The molecule has 4 rings (SSSR count). The zero-order chi connectivity index (χ0) is 20.6. The van der Waals surface area contributed by atoms with Gasteiger partial charge in [-0.2, -0.15) is 0 Å². The van der Waals surface area contributed by atoms with Crippen molar-refractivity contribution in [3.8, 4) is 0 Å². The van der Waals surface area contributed by atoms with Crippen molar-refractivity contribution < 1.29 is 24.2 Å². The van der Waals surface area contributed by atoms with E-state index in [0.29, 0.717) is 24.8 Å². The summed E-state index contributed by atoms with van der Waals surface area (Å²) >= 11 is 4.59. The molecule has 1 amide bonds. The van der Waals surface area contributed by atoms with Crippen LogP contribution in [0.3, 0.4) is 0 Å². The van der Waals surface area contributed by atoms with Crippen LogP contribution in [0.2, 0.25) is 0 Å². The fourth-order valence-electron chi connectivity index (χ4n) is 4.97. The Labute approximate surface area is 183 Å². The zero-order valence-electron chi connectivity index (χ0n) is 16.7.